The van der Waals surface area contributed by atoms with Gasteiger partial charge in [0.25, 0.3) is 0 Å². The van der Waals surface area contributed by atoms with Crippen molar-refractivity contribution in [1.29, 1.82) is 0 Å². The van der Waals surface area contributed by atoms with Crippen LogP contribution in [0.1, 0.15) is 17.5 Å². The molecule has 0 saturated carbocycles. The van der Waals surface area contributed by atoms with Crippen LogP contribution < -0.4 is 10.2 Å². The minimum absolute atomic E-state index is 0.0673. The van der Waals surface area contributed by atoms with E-state index in [2.05, 4.69) is 47.2 Å². The zero-order valence-corrected chi connectivity index (χ0v) is 15.8. The summed E-state index contributed by atoms with van der Waals surface area (Å²) in [6, 6.07) is 6.16. The second-order valence-electron chi connectivity index (χ2n) is 7.15. The van der Waals surface area contributed by atoms with Gasteiger partial charge < -0.3 is 10.2 Å². The van der Waals surface area contributed by atoms with E-state index < -0.39 is 9.84 Å². The SMILES string of the molecule is Cc1cccc(N2CCN(CC(=O)NC3CCS(=O)(=O)C3)CC2)c1C. The molecular formula is C18H27N3O3S. The highest BCUT2D eigenvalue weighted by atomic mass is 32.2. The highest BCUT2D eigenvalue weighted by Crippen LogP contribution is 2.23. The zero-order chi connectivity index (χ0) is 18.0. The predicted octanol–water partition coefficient (Wildman–Crippen LogP) is 0.729. The Morgan fingerprint density at radius 3 is 2.56 bits per heavy atom. The Balaban J connectivity index is 1.48. The Morgan fingerprint density at radius 1 is 1.20 bits per heavy atom. The Bertz CT molecular complexity index is 740. The van der Waals surface area contributed by atoms with Crippen LogP contribution >= 0.6 is 0 Å². The first kappa shape index (κ1) is 18.2. The molecule has 0 bridgehead atoms. The lowest BCUT2D eigenvalue weighted by molar-refractivity contribution is -0.122. The summed E-state index contributed by atoms with van der Waals surface area (Å²) in [6.07, 6.45) is 0.536. The first-order valence-electron chi connectivity index (χ1n) is 8.87. The van der Waals surface area contributed by atoms with Gasteiger partial charge >= 0.3 is 0 Å². The van der Waals surface area contributed by atoms with Crippen molar-refractivity contribution in [2.75, 3.05) is 49.1 Å². The van der Waals surface area contributed by atoms with Gasteiger partial charge in [-0.1, -0.05) is 12.1 Å². The van der Waals surface area contributed by atoms with Gasteiger partial charge in [-0.05, 0) is 37.5 Å². The molecule has 3 rings (SSSR count). The molecule has 7 heteroatoms. The molecule has 1 N–H and O–H groups in total. The summed E-state index contributed by atoms with van der Waals surface area (Å²) in [5.41, 5.74) is 3.89. The third-order valence-electron chi connectivity index (χ3n) is 5.25. The quantitative estimate of drug-likeness (QED) is 0.852. The van der Waals surface area contributed by atoms with Gasteiger partial charge in [-0.25, -0.2) is 8.42 Å². The number of carbonyl (C=O) groups excluding carboxylic acids is 1. The highest BCUT2D eigenvalue weighted by Gasteiger charge is 2.29. The lowest BCUT2D eigenvalue weighted by Crippen LogP contribution is -2.50. The number of amides is 1. The molecule has 0 aromatic heterocycles. The highest BCUT2D eigenvalue weighted by molar-refractivity contribution is 7.91. The average Bonchev–Trinajstić information content (AvgIpc) is 2.89. The number of rotatable bonds is 4. The van der Waals surface area contributed by atoms with Crippen molar-refractivity contribution in [3.05, 3.63) is 29.3 Å². The first-order chi connectivity index (χ1) is 11.8. The Hall–Kier alpha value is -1.60. The van der Waals surface area contributed by atoms with Gasteiger partial charge in [-0.2, -0.15) is 0 Å². The minimum Gasteiger partial charge on any atom is -0.369 e. The van der Waals surface area contributed by atoms with Crippen LogP contribution in [0.3, 0.4) is 0 Å². The molecule has 0 radical (unpaired) electrons. The van der Waals surface area contributed by atoms with Crippen LogP contribution in [0, 0.1) is 13.8 Å². The number of benzene rings is 1. The monoisotopic (exact) mass is 365 g/mol. The molecule has 6 nitrogen and oxygen atoms in total. The van der Waals surface area contributed by atoms with Crippen molar-refractivity contribution in [2.45, 2.75) is 26.3 Å². The van der Waals surface area contributed by atoms with Crippen molar-refractivity contribution < 1.29 is 13.2 Å². The van der Waals surface area contributed by atoms with Gasteiger partial charge in [-0.3, -0.25) is 9.69 Å². The number of nitrogens with one attached hydrogen (secondary N) is 1. The summed E-state index contributed by atoms with van der Waals surface area (Å²) in [5.74, 6) is 0.202. The fraction of sp³-hybridized carbons (Fsp3) is 0.611. The van der Waals surface area contributed by atoms with E-state index in [0.29, 0.717) is 13.0 Å². The van der Waals surface area contributed by atoms with E-state index in [-0.39, 0.29) is 23.5 Å². The van der Waals surface area contributed by atoms with Gasteiger partial charge in [0.05, 0.1) is 18.1 Å². The Morgan fingerprint density at radius 2 is 1.92 bits per heavy atom. The summed E-state index contributed by atoms with van der Waals surface area (Å²) in [5, 5.41) is 2.87. The van der Waals surface area contributed by atoms with Crippen LogP contribution in [0.4, 0.5) is 5.69 Å². The number of nitrogens with zero attached hydrogens (tertiary/aromatic N) is 2. The van der Waals surface area contributed by atoms with Crippen molar-refractivity contribution in [1.82, 2.24) is 10.2 Å². The maximum Gasteiger partial charge on any atom is 0.234 e. The normalized spacial score (nSPS) is 23.6. The van der Waals surface area contributed by atoms with E-state index in [1.807, 2.05) is 0 Å². The second-order valence-corrected chi connectivity index (χ2v) is 9.38. The van der Waals surface area contributed by atoms with Crippen molar-refractivity contribution in [3.8, 4) is 0 Å². The van der Waals surface area contributed by atoms with Crippen LogP contribution in [-0.2, 0) is 14.6 Å². The summed E-state index contributed by atoms with van der Waals surface area (Å²) >= 11 is 0. The third-order valence-corrected chi connectivity index (χ3v) is 7.02. The lowest BCUT2D eigenvalue weighted by atomic mass is 10.1. The Kier molecular flexibility index (Phi) is 5.34. The molecule has 2 saturated heterocycles. The molecule has 2 fully saturated rings. The molecule has 2 aliphatic rings. The number of piperazine rings is 1. The molecule has 0 aliphatic carbocycles. The Labute approximate surface area is 150 Å². The minimum atomic E-state index is -2.95. The third kappa shape index (κ3) is 4.52. The molecule has 138 valence electrons. The molecule has 1 atom stereocenters. The number of hydrogen-bond acceptors (Lipinski definition) is 5. The first-order valence-corrected chi connectivity index (χ1v) is 10.7. The van der Waals surface area contributed by atoms with Crippen LogP contribution in [0.5, 0.6) is 0 Å². The van der Waals surface area contributed by atoms with Crippen molar-refractivity contribution in [2.24, 2.45) is 0 Å². The lowest BCUT2D eigenvalue weighted by Gasteiger charge is -2.36. The number of anilines is 1. The smallest absolute Gasteiger partial charge is 0.234 e. The number of hydrogen-bond donors (Lipinski definition) is 1. The van der Waals surface area contributed by atoms with Gasteiger partial charge in [-0.15, -0.1) is 0 Å². The van der Waals surface area contributed by atoms with E-state index in [0.717, 1.165) is 26.2 Å². The summed E-state index contributed by atoms with van der Waals surface area (Å²) in [6.45, 7) is 8.10. The average molecular weight is 365 g/mol. The maximum absolute atomic E-state index is 12.2. The predicted molar refractivity (Wildman–Crippen MR) is 99.8 cm³/mol. The van der Waals surface area contributed by atoms with E-state index in [9.17, 15) is 13.2 Å². The van der Waals surface area contributed by atoms with Crippen LogP contribution in [0.15, 0.2) is 18.2 Å². The number of carbonyl (C=O) groups is 1. The van der Waals surface area contributed by atoms with Gasteiger partial charge in [0.1, 0.15) is 0 Å². The molecule has 2 heterocycles. The molecule has 1 unspecified atom stereocenters. The topological polar surface area (TPSA) is 69.7 Å². The molecular weight excluding hydrogens is 338 g/mol. The number of aryl methyl sites for hydroxylation is 1. The van der Waals surface area contributed by atoms with Crippen molar-refractivity contribution >= 4 is 21.4 Å². The van der Waals surface area contributed by atoms with Crippen LogP contribution in [-0.4, -0.2) is 69.5 Å². The van der Waals surface area contributed by atoms with Crippen molar-refractivity contribution in [3.63, 3.8) is 0 Å². The van der Waals surface area contributed by atoms with Gasteiger partial charge in [0, 0.05) is 37.9 Å². The zero-order valence-electron chi connectivity index (χ0n) is 15.0. The van der Waals surface area contributed by atoms with Crippen LogP contribution in [0.2, 0.25) is 0 Å². The van der Waals surface area contributed by atoms with Gasteiger partial charge in [0.15, 0.2) is 9.84 Å². The summed E-state index contributed by atoms with van der Waals surface area (Å²) < 4.78 is 22.9. The molecule has 2 aliphatic heterocycles. The molecule has 25 heavy (non-hydrogen) atoms. The molecule has 1 aromatic carbocycles. The van der Waals surface area contributed by atoms with E-state index in [4.69, 9.17) is 0 Å². The molecule has 1 amide bonds. The fourth-order valence-electron chi connectivity index (χ4n) is 3.61. The summed E-state index contributed by atoms with van der Waals surface area (Å²) in [7, 11) is -2.95. The van der Waals surface area contributed by atoms with E-state index in [1.165, 1.54) is 16.8 Å². The fourth-order valence-corrected chi connectivity index (χ4v) is 5.28. The molecule has 1 aromatic rings. The maximum atomic E-state index is 12.2. The summed E-state index contributed by atoms with van der Waals surface area (Å²) in [4.78, 5) is 16.7. The van der Waals surface area contributed by atoms with Crippen LogP contribution in [0.25, 0.3) is 0 Å². The molecule has 0 spiro atoms. The standard InChI is InChI=1S/C18H27N3O3S/c1-14-4-3-5-17(15(14)2)21-9-7-20(8-10-21)12-18(22)19-16-6-11-25(23,24)13-16/h3-5,16H,6-13H2,1-2H3,(H,19,22). The largest absolute Gasteiger partial charge is 0.369 e. The van der Waals surface area contributed by atoms with E-state index in [1.54, 1.807) is 0 Å². The van der Waals surface area contributed by atoms with E-state index >= 15 is 0 Å². The van der Waals surface area contributed by atoms with Gasteiger partial charge in [0.2, 0.25) is 5.91 Å². The number of sulfone groups is 1. The second kappa shape index (κ2) is 7.33.